The van der Waals surface area contributed by atoms with Gasteiger partial charge in [-0.2, -0.15) is 0 Å². The van der Waals surface area contributed by atoms with Crippen molar-refractivity contribution in [1.29, 1.82) is 0 Å². The minimum atomic E-state index is 0.0281. The van der Waals surface area contributed by atoms with Crippen LogP contribution >= 0.6 is 0 Å². The van der Waals surface area contributed by atoms with Gasteiger partial charge in [0.05, 0.1) is 11.0 Å². The normalized spacial score (nSPS) is 13.4. The number of hydrogen-bond donors (Lipinski definition) is 0. The molecule has 0 N–H and O–H groups in total. The summed E-state index contributed by atoms with van der Waals surface area (Å²) in [5.74, 6) is 5.04. The van der Waals surface area contributed by atoms with E-state index < -0.39 is 0 Å². The summed E-state index contributed by atoms with van der Waals surface area (Å²) >= 11 is 0. The third-order valence-electron chi connectivity index (χ3n) is 8.72. The van der Waals surface area contributed by atoms with Gasteiger partial charge in [0, 0.05) is 32.8 Å². The molecule has 0 unspecified atom stereocenters. The molecule has 190 valence electrons. The van der Waals surface area contributed by atoms with Gasteiger partial charge in [0.25, 0.3) is 6.71 Å². The highest BCUT2D eigenvalue weighted by atomic mass is 16.5. The van der Waals surface area contributed by atoms with E-state index in [0.717, 1.165) is 67.7 Å². The molecule has 10 rings (SSSR count). The van der Waals surface area contributed by atoms with Gasteiger partial charge >= 0.3 is 0 Å². The molecule has 0 spiro atoms. The van der Waals surface area contributed by atoms with Crippen LogP contribution in [0.5, 0.6) is 34.5 Å². The number of nitrogens with zero attached hydrogens (tertiary/aromatic N) is 1. The molecule has 7 aromatic rings. The van der Waals surface area contributed by atoms with Crippen molar-refractivity contribution in [3.05, 3.63) is 121 Å². The van der Waals surface area contributed by atoms with Crippen molar-refractivity contribution in [2.45, 2.75) is 0 Å². The van der Waals surface area contributed by atoms with Gasteiger partial charge in [-0.3, -0.25) is 0 Å². The third kappa shape index (κ3) is 2.80. The molecule has 3 aliphatic heterocycles. The molecule has 0 radical (unpaired) electrons. The zero-order chi connectivity index (χ0) is 26.7. The second kappa shape index (κ2) is 7.61. The molecule has 0 saturated carbocycles. The maximum atomic E-state index is 6.53. The molecule has 4 nitrogen and oxygen atoms in total. The van der Waals surface area contributed by atoms with Crippen molar-refractivity contribution < 1.29 is 14.2 Å². The number of fused-ring (bicyclic) bond motifs is 3. The summed E-state index contributed by atoms with van der Waals surface area (Å²) in [7, 11) is 0. The Bertz CT molecular complexity index is 2120. The van der Waals surface area contributed by atoms with Gasteiger partial charge in [-0.05, 0) is 71.8 Å². The lowest BCUT2D eigenvalue weighted by molar-refractivity contribution is 0.443. The fraction of sp³-hybridized carbons (Fsp3) is 0. The van der Waals surface area contributed by atoms with E-state index in [-0.39, 0.29) is 6.71 Å². The first-order valence-corrected chi connectivity index (χ1v) is 13.9. The largest absolute Gasteiger partial charge is 0.458 e. The van der Waals surface area contributed by atoms with Crippen LogP contribution in [-0.2, 0) is 0 Å². The zero-order valence-corrected chi connectivity index (χ0v) is 21.8. The smallest absolute Gasteiger partial charge is 0.270 e. The van der Waals surface area contributed by atoms with E-state index in [0.29, 0.717) is 0 Å². The topological polar surface area (TPSA) is 32.6 Å². The van der Waals surface area contributed by atoms with E-state index in [4.69, 9.17) is 14.2 Å². The molecule has 4 heterocycles. The summed E-state index contributed by atoms with van der Waals surface area (Å²) in [5.41, 5.74) is 8.91. The van der Waals surface area contributed by atoms with Crippen LogP contribution in [-0.4, -0.2) is 11.3 Å². The van der Waals surface area contributed by atoms with Gasteiger partial charge in [-0.15, -0.1) is 0 Å². The Hall–Kier alpha value is -5.42. The third-order valence-corrected chi connectivity index (χ3v) is 8.72. The lowest BCUT2D eigenvalue weighted by atomic mass is 9.34. The van der Waals surface area contributed by atoms with Crippen molar-refractivity contribution in [3.8, 4) is 51.3 Å². The fourth-order valence-electron chi connectivity index (χ4n) is 6.99. The van der Waals surface area contributed by atoms with Crippen molar-refractivity contribution in [2.75, 3.05) is 0 Å². The van der Waals surface area contributed by atoms with Crippen LogP contribution in [0.2, 0.25) is 0 Å². The Balaban J connectivity index is 1.13. The van der Waals surface area contributed by atoms with Gasteiger partial charge in [0.1, 0.15) is 34.5 Å². The number of ether oxygens (including phenoxy) is 3. The van der Waals surface area contributed by atoms with E-state index in [1.807, 2.05) is 36.4 Å². The van der Waals surface area contributed by atoms with Gasteiger partial charge in [0.2, 0.25) is 0 Å². The Labute approximate surface area is 236 Å². The Morgan fingerprint density at radius 2 is 0.878 bits per heavy atom. The minimum Gasteiger partial charge on any atom is -0.458 e. The first-order chi connectivity index (χ1) is 20.3. The highest BCUT2D eigenvalue weighted by Gasteiger charge is 2.46. The zero-order valence-electron chi connectivity index (χ0n) is 21.8. The fourth-order valence-corrected chi connectivity index (χ4v) is 6.99. The Morgan fingerprint density at radius 3 is 1.41 bits per heavy atom. The average molecular weight is 525 g/mol. The van der Waals surface area contributed by atoms with Crippen LogP contribution in [0.4, 0.5) is 0 Å². The maximum absolute atomic E-state index is 6.53. The second-order valence-corrected chi connectivity index (χ2v) is 10.9. The van der Waals surface area contributed by atoms with Gasteiger partial charge < -0.3 is 18.8 Å². The van der Waals surface area contributed by atoms with E-state index >= 15 is 0 Å². The van der Waals surface area contributed by atoms with Crippen molar-refractivity contribution >= 4 is 44.9 Å². The van der Waals surface area contributed by atoms with Gasteiger partial charge in [0.15, 0.2) is 0 Å². The number of para-hydroxylation sites is 2. The lowest BCUT2D eigenvalue weighted by Crippen LogP contribution is -2.59. The average Bonchev–Trinajstić information content (AvgIpc) is 3.35. The van der Waals surface area contributed by atoms with Crippen LogP contribution in [0.25, 0.3) is 38.6 Å². The quantitative estimate of drug-likeness (QED) is 0.222. The Kier molecular flexibility index (Phi) is 3.98. The molecule has 0 aliphatic carbocycles. The molecular weight excluding hydrogens is 505 g/mol. The van der Waals surface area contributed by atoms with E-state index in [1.165, 1.54) is 21.8 Å². The van der Waals surface area contributed by atoms with E-state index in [2.05, 4.69) is 89.5 Å². The van der Waals surface area contributed by atoms with Crippen molar-refractivity contribution in [3.63, 3.8) is 0 Å². The molecule has 0 fully saturated rings. The summed E-state index contributed by atoms with van der Waals surface area (Å²) in [6.07, 6.45) is 0. The summed E-state index contributed by atoms with van der Waals surface area (Å²) in [6.45, 7) is 0.0281. The molecule has 0 bridgehead atoms. The number of hydrogen-bond acceptors (Lipinski definition) is 3. The van der Waals surface area contributed by atoms with Gasteiger partial charge in [-0.25, -0.2) is 0 Å². The lowest BCUT2D eigenvalue weighted by Gasteiger charge is -2.37. The number of benzene rings is 6. The highest BCUT2D eigenvalue weighted by Crippen LogP contribution is 2.43. The summed E-state index contributed by atoms with van der Waals surface area (Å²) < 4.78 is 21.7. The summed E-state index contributed by atoms with van der Waals surface area (Å²) in [5, 5.41) is 2.52. The van der Waals surface area contributed by atoms with E-state index in [1.54, 1.807) is 0 Å². The highest BCUT2D eigenvalue weighted by molar-refractivity contribution is 6.99. The SMILES string of the molecule is c1cc2c3c(c1)Oc1cc(-c4ccc(-n5c6ccccc6c6ccccc65)cc4)cc4c1B3c1c(cccc1O4)O2. The van der Waals surface area contributed by atoms with Crippen LogP contribution in [0.3, 0.4) is 0 Å². The molecular formula is C36H20BNO3. The molecule has 0 amide bonds. The van der Waals surface area contributed by atoms with E-state index in [9.17, 15) is 0 Å². The summed E-state index contributed by atoms with van der Waals surface area (Å²) in [6, 6.07) is 42.3. The van der Waals surface area contributed by atoms with Crippen molar-refractivity contribution in [2.24, 2.45) is 0 Å². The maximum Gasteiger partial charge on any atom is 0.270 e. The summed E-state index contributed by atoms with van der Waals surface area (Å²) in [4.78, 5) is 0. The second-order valence-electron chi connectivity index (χ2n) is 10.9. The molecule has 0 atom stereocenters. The predicted octanol–water partition coefficient (Wildman–Crippen LogP) is 7.28. The molecule has 1 aromatic heterocycles. The molecule has 6 aromatic carbocycles. The Morgan fingerprint density at radius 1 is 0.415 bits per heavy atom. The van der Waals surface area contributed by atoms with Gasteiger partial charge in [-0.1, -0.05) is 60.7 Å². The number of aromatic nitrogens is 1. The first-order valence-electron chi connectivity index (χ1n) is 13.9. The molecule has 5 heteroatoms. The van der Waals surface area contributed by atoms with Crippen LogP contribution in [0.15, 0.2) is 121 Å². The molecule has 0 saturated heterocycles. The standard InChI is InChI=1S/C36H20BNO3/c1-3-9-26-24(7-1)25-8-2-4-10-27(25)38(26)23-17-15-21(16-18-23)22-19-32-36-33(20-22)41-31-14-6-12-29-35(31)37(36)34-28(39-29)11-5-13-30(34)40-32/h1-20H. The van der Waals surface area contributed by atoms with Crippen LogP contribution < -0.4 is 30.6 Å². The van der Waals surface area contributed by atoms with Crippen LogP contribution in [0, 0.1) is 0 Å². The van der Waals surface area contributed by atoms with Crippen LogP contribution in [0.1, 0.15) is 0 Å². The molecule has 41 heavy (non-hydrogen) atoms. The molecule has 3 aliphatic rings. The minimum absolute atomic E-state index is 0.0281. The number of rotatable bonds is 2. The predicted molar refractivity (Wildman–Crippen MR) is 164 cm³/mol. The first kappa shape index (κ1) is 21.4. The monoisotopic (exact) mass is 525 g/mol. The van der Waals surface area contributed by atoms with Crippen molar-refractivity contribution in [1.82, 2.24) is 4.57 Å².